The molecule has 358 valence electrons. The van der Waals surface area contributed by atoms with Crippen LogP contribution in [0.4, 0.5) is 28.7 Å². The molecule has 11 rings (SSSR count). The zero-order valence-electron chi connectivity index (χ0n) is 41.9. The third-order valence-electron chi connectivity index (χ3n) is 15.3. The van der Waals surface area contributed by atoms with Gasteiger partial charge in [-0.1, -0.05) is 0 Å². The second kappa shape index (κ2) is 18.1. The summed E-state index contributed by atoms with van der Waals surface area (Å²) in [7, 11) is 0. The van der Waals surface area contributed by atoms with E-state index in [1.54, 1.807) is 51.7 Å². The van der Waals surface area contributed by atoms with Crippen molar-refractivity contribution in [3.05, 3.63) is 109 Å². The summed E-state index contributed by atoms with van der Waals surface area (Å²) in [6.07, 6.45) is 12.0. The van der Waals surface area contributed by atoms with Crippen LogP contribution in [0.2, 0.25) is 0 Å². The summed E-state index contributed by atoms with van der Waals surface area (Å²) in [6.45, 7) is 5.31. The van der Waals surface area contributed by atoms with Crippen LogP contribution in [0.25, 0.3) is 11.1 Å². The number of fused-ring (bicyclic) bond motifs is 4. The minimum atomic E-state index is -2.82. The molecule has 9 heterocycles. The maximum absolute atomic E-state index is 14.1. The Balaban J connectivity index is 0.749. The van der Waals surface area contributed by atoms with Gasteiger partial charge in [0.25, 0.3) is 17.4 Å². The van der Waals surface area contributed by atoms with Crippen molar-refractivity contribution in [2.24, 2.45) is 6.98 Å². The first-order chi connectivity index (χ1) is 34.6. The summed E-state index contributed by atoms with van der Waals surface area (Å²) in [4.78, 5) is 87.3. The highest BCUT2D eigenvalue weighted by Crippen LogP contribution is 2.41. The third-order valence-corrected chi connectivity index (χ3v) is 16.6. The predicted molar refractivity (Wildman–Crippen MR) is 265 cm³/mol. The van der Waals surface area contributed by atoms with Crippen LogP contribution in [0, 0.1) is 0 Å². The lowest BCUT2D eigenvalue weighted by Gasteiger charge is -2.48. The average Bonchev–Trinajstić information content (AvgIpc) is 3.91. The minimum absolute atomic E-state index is 0.0149. The smallest absolute Gasteiger partial charge is 0.274 e. The van der Waals surface area contributed by atoms with Crippen LogP contribution < -0.4 is 30.9 Å². The Morgan fingerprint density at radius 1 is 0.841 bits per heavy atom. The van der Waals surface area contributed by atoms with Gasteiger partial charge in [-0.3, -0.25) is 39.1 Å². The molecule has 5 aliphatic heterocycles. The molecule has 5 aromatic rings. The van der Waals surface area contributed by atoms with E-state index in [2.05, 4.69) is 55.2 Å². The average molecular weight is 954 g/mol. The first-order valence-corrected chi connectivity index (χ1v) is 25.1. The number of rotatable bonds is 9. The van der Waals surface area contributed by atoms with E-state index in [1.807, 2.05) is 18.2 Å². The highest BCUT2D eigenvalue weighted by Gasteiger charge is 2.40. The second-order valence-corrected chi connectivity index (χ2v) is 20.5. The summed E-state index contributed by atoms with van der Waals surface area (Å²) in [5, 5.41) is 16.3. The van der Waals surface area contributed by atoms with Gasteiger partial charge < -0.3 is 29.7 Å². The van der Waals surface area contributed by atoms with Gasteiger partial charge >= 0.3 is 0 Å². The Morgan fingerprint density at radius 2 is 1.68 bits per heavy atom. The lowest BCUT2D eigenvalue weighted by atomic mass is 9.92. The molecule has 0 radical (unpaired) electrons. The van der Waals surface area contributed by atoms with Crippen LogP contribution in [0.5, 0.6) is 0 Å². The number of carbonyl (C=O) groups excluding carboxylic acids is 4. The van der Waals surface area contributed by atoms with E-state index in [4.69, 9.17) is 4.11 Å². The number of aliphatic hydroxyl groups is 1. The molecule has 4 amide bonds. The molecule has 1 aliphatic carbocycles. The van der Waals surface area contributed by atoms with E-state index >= 15 is 0 Å². The van der Waals surface area contributed by atoms with Gasteiger partial charge in [0.05, 0.1) is 23.4 Å². The van der Waals surface area contributed by atoms with Crippen molar-refractivity contribution in [3.8, 4) is 11.1 Å². The number of hydrogen-bond donors (Lipinski definition) is 3. The molecule has 0 spiro atoms. The summed E-state index contributed by atoms with van der Waals surface area (Å²) in [5.41, 5.74) is 6.33. The number of aromatic nitrogens is 3. The number of carbonyl (C=O) groups is 4. The van der Waals surface area contributed by atoms with E-state index in [9.17, 15) is 29.1 Å². The Bertz CT molecular complexity index is 3070. The zero-order chi connectivity index (χ0) is 50.2. The van der Waals surface area contributed by atoms with Crippen molar-refractivity contribution in [1.82, 2.24) is 29.7 Å². The first kappa shape index (κ1) is 41.5. The standard InChI is InChI=1S/C52H58N10O6S/c1-30-22-34(15-18-59(30)35-8-10-38-32(23-35)28-62(50(38)66)43-11-13-46(64)56-49(43)65)58-20-21-60(31(2)26-58)36-9-12-45(54-25-36)55-42-24-33(27-57(3)51(42)67)37-14-17-53-48(41(37)29-63)61-19-16-40-39-6-4-5-7-44(39)69-47(40)52(61)68/h8-10,12,14,17,23-25,27,30-31,34,43,63H,4-7,11,13,15-16,18-22,26,28-29H2,1-3H3,(H,54,55)(H,56,64,65)/t30-,31+,34+,43?/m1/s1/i3D3. The quantitative estimate of drug-likeness (QED) is 0.157. The van der Waals surface area contributed by atoms with Crippen molar-refractivity contribution in [3.63, 3.8) is 0 Å². The molecule has 3 fully saturated rings. The van der Waals surface area contributed by atoms with E-state index < -0.39 is 31.1 Å². The maximum Gasteiger partial charge on any atom is 0.274 e. The fourth-order valence-electron chi connectivity index (χ4n) is 11.7. The highest BCUT2D eigenvalue weighted by molar-refractivity contribution is 7.14. The number of aryl methyl sites for hydroxylation is 2. The fourth-order valence-corrected chi connectivity index (χ4v) is 13.1. The Hall–Kier alpha value is -6.43. The van der Waals surface area contributed by atoms with E-state index in [-0.39, 0.29) is 41.9 Å². The Labute approximate surface area is 409 Å². The SMILES string of the molecule is [2H]C([2H])([2H])n1cc(-c2ccnc(N3CCc4c(sc5c4CCCC5)C3=O)c2CO)cc(Nc2ccc(N3CCN([C@H]4CCN(c5ccc6c(c5)CN(C5CCC(=O)NC5=O)C6=O)[C@H](C)C4)C[C@@H]3C)cn2)c1=O. The molecule has 0 bridgehead atoms. The number of anilines is 5. The van der Waals surface area contributed by atoms with Crippen molar-refractivity contribution >= 4 is 63.7 Å². The number of piperidine rings is 2. The van der Waals surface area contributed by atoms with Gasteiger partial charge in [0, 0.05) is 115 Å². The first-order valence-electron chi connectivity index (χ1n) is 25.7. The number of aliphatic hydroxyl groups excluding tert-OH is 1. The van der Waals surface area contributed by atoms with Crippen LogP contribution in [0.15, 0.2) is 65.8 Å². The second-order valence-electron chi connectivity index (χ2n) is 19.4. The summed E-state index contributed by atoms with van der Waals surface area (Å²) < 4.78 is 25.5. The summed E-state index contributed by atoms with van der Waals surface area (Å²) >= 11 is 1.57. The van der Waals surface area contributed by atoms with Gasteiger partial charge in [0.2, 0.25) is 11.8 Å². The molecule has 3 N–H and O–H groups in total. The van der Waals surface area contributed by atoms with Gasteiger partial charge in [0.1, 0.15) is 23.4 Å². The van der Waals surface area contributed by atoms with Gasteiger partial charge in [-0.05, 0) is 130 Å². The maximum atomic E-state index is 14.1. The van der Waals surface area contributed by atoms with Crippen LogP contribution in [-0.2, 0) is 49.0 Å². The molecular weight excluding hydrogens is 893 g/mol. The normalized spacial score (nSPS) is 23.8. The number of benzene rings is 1. The van der Waals surface area contributed by atoms with Gasteiger partial charge in [-0.15, -0.1) is 11.3 Å². The molecule has 1 aromatic carbocycles. The molecule has 16 nitrogen and oxygen atoms in total. The van der Waals surface area contributed by atoms with E-state index in [0.29, 0.717) is 70.4 Å². The lowest BCUT2D eigenvalue weighted by Crippen LogP contribution is -2.58. The molecule has 4 atom stereocenters. The lowest BCUT2D eigenvalue weighted by molar-refractivity contribution is -0.136. The molecule has 1 unspecified atom stereocenters. The van der Waals surface area contributed by atoms with Crippen molar-refractivity contribution in [2.75, 3.05) is 52.7 Å². The molecule has 69 heavy (non-hydrogen) atoms. The van der Waals surface area contributed by atoms with Gasteiger partial charge in [-0.25, -0.2) is 9.97 Å². The fraction of sp³-hybridized carbons (Fsp3) is 0.442. The predicted octanol–water partition coefficient (Wildman–Crippen LogP) is 5.55. The number of nitrogens with one attached hydrogen (secondary N) is 2. The summed E-state index contributed by atoms with van der Waals surface area (Å²) in [6, 6.07) is 13.1. The van der Waals surface area contributed by atoms with Crippen LogP contribution in [-0.4, -0.2) is 110 Å². The van der Waals surface area contributed by atoms with E-state index in [1.165, 1.54) is 16.6 Å². The van der Waals surface area contributed by atoms with Crippen LogP contribution in [0.3, 0.4) is 0 Å². The van der Waals surface area contributed by atoms with Crippen molar-refractivity contribution < 1.29 is 28.4 Å². The molecule has 6 aliphatic rings. The van der Waals surface area contributed by atoms with Crippen LogP contribution >= 0.6 is 11.3 Å². The molecule has 17 heteroatoms. The minimum Gasteiger partial charge on any atom is -0.392 e. The van der Waals surface area contributed by atoms with Crippen molar-refractivity contribution in [1.29, 1.82) is 0 Å². The third kappa shape index (κ3) is 8.17. The number of hydrogen-bond acceptors (Lipinski definition) is 13. The Morgan fingerprint density at radius 3 is 2.46 bits per heavy atom. The number of amides is 4. The largest absolute Gasteiger partial charge is 0.392 e. The van der Waals surface area contributed by atoms with E-state index in [0.717, 1.165) is 92.1 Å². The number of piperazine rings is 1. The molecular formula is C52H58N10O6S. The Kier molecular flexibility index (Phi) is 10.9. The van der Waals surface area contributed by atoms with Crippen molar-refractivity contribution in [2.45, 2.75) is 109 Å². The van der Waals surface area contributed by atoms with Crippen LogP contribution in [0.1, 0.15) is 104 Å². The zero-order valence-corrected chi connectivity index (χ0v) is 39.7. The number of thiophene rings is 1. The summed E-state index contributed by atoms with van der Waals surface area (Å²) in [5.74, 6) is -0.374. The topological polar surface area (TPSA) is 177 Å². The number of imide groups is 1. The molecule has 0 saturated carbocycles. The number of pyridine rings is 3. The number of nitrogens with zero attached hydrogens (tertiary/aromatic N) is 8. The van der Waals surface area contributed by atoms with Gasteiger partial charge in [-0.2, -0.15) is 0 Å². The highest BCUT2D eigenvalue weighted by atomic mass is 32.1. The van der Waals surface area contributed by atoms with Gasteiger partial charge in [0.15, 0.2) is 0 Å². The molecule has 3 saturated heterocycles. The molecule has 4 aromatic heterocycles. The monoisotopic (exact) mass is 953 g/mol.